The fraction of sp³-hybridized carbons (Fsp3) is 0.905. The Balaban J connectivity index is 1.48. The molecule has 0 amide bonds. The fourth-order valence-corrected chi connectivity index (χ4v) is 5.79. The maximum Gasteiger partial charge on any atom is 0.0777 e. The van der Waals surface area contributed by atoms with Crippen molar-refractivity contribution in [1.82, 2.24) is 0 Å². The molecule has 2 bridgehead atoms. The summed E-state index contributed by atoms with van der Waals surface area (Å²) < 4.78 is 6.13. The van der Waals surface area contributed by atoms with E-state index in [2.05, 4.69) is 13.0 Å². The predicted molar refractivity (Wildman–Crippen MR) is 105 cm³/mol. The molecule has 144 valence electrons. The van der Waals surface area contributed by atoms with Crippen molar-refractivity contribution in [2.24, 2.45) is 17.8 Å². The Hall–Kier alpha value is -0.0300. The lowest BCUT2D eigenvalue weighted by atomic mass is 9.73. The van der Waals surface area contributed by atoms with Crippen molar-refractivity contribution in [3.63, 3.8) is 0 Å². The Morgan fingerprint density at radius 1 is 1.12 bits per heavy atom. The van der Waals surface area contributed by atoms with Gasteiger partial charge >= 0.3 is 0 Å². The molecule has 0 aromatic rings. The third kappa shape index (κ3) is 5.24. The topological polar surface area (TPSA) is 49.7 Å². The van der Waals surface area contributed by atoms with Crippen LogP contribution in [0.15, 0.2) is 12.2 Å². The molecule has 6 atom stereocenters. The standard InChI is InChI=1S/C21H36O3S/c1-2-25-13-5-8-18(23)21-17(19-11-12-20(21)24-19)10-9-16(22)14-15-6-3-4-7-15/h5,8,15-23H,2-4,6-7,9-14H2,1H3/t16?,17-,18-,19?,20-,21+/m0/s1. The minimum atomic E-state index is -0.398. The summed E-state index contributed by atoms with van der Waals surface area (Å²) >= 11 is 1.88. The fourth-order valence-electron chi connectivity index (χ4n) is 5.31. The van der Waals surface area contributed by atoms with Gasteiger partial charge in [-0.15, -0.1) is 0 Å². The van der Waals surface area contributed by atoms with Gasteiger partial charge in [-0.25, -0.2) is 0 Å². The lowest BCUT2D eigenvalue weighted by Gasteiger charge is -2.31. The lowest BCUT2D eigenvalue weighted by molar-refractivity contribution is 0.0594. The van der Waals surface area contributed by atoms with Gasteiger partial charge in [0.25, 0.3) is 0 Å². The second kappa shape index (κ2) is 9.77. The van der Waals surface area contributed by atoms with Crippen LogP contribution in [0.2, 0.25) is 0 Å². The molecule has 0 aromatic carbocycles. The molecule has 0 aromatic heterocycles. The summed E-state index contributed by atoms with van der Waals surface area (Å²) in [6, 6.07) is 0. The number of hydrogen-bond donors (Lipinski definition) is 2. The highest BCUT2D eigenvalue weighted by Gasteiger charge is 2.50. The van der Waals surface area contributed by atoms with Crippen LogP contribution in [-0.2, 0) is 4.74 Å². The highest BCUT2D eigenvalue weighted by atomic mass is 32.2. The molecule has 2 aliphatic heterocycles. The highest BCUT2D eigenvalue weighted by Crippen LogP contribution is 2.47. The molecule has 2 N–H and O–H groups in total. The first-order valence-electron chi connectivity index (χ1n) is 10.4. The van der Waals surface area contributed by atoms with E-state index in [4.69, 9.17) is 4.74 Å². The summed E-state index contributed by atoms with van der Waals surface area (Å²) in [6.07, 6.45) is 14.4. The monoisotopic (exact) mass is 368 g/mol. The Morgan fingerprint density at radius 2 is 1.88 bits per heavy atom. The van der Waals surface area contributed by atoms with Crippen LogP contribution in [0, 0.1) is 17.8 Å². The third-order valence-corrected chi connectivity index (χ3v) is 7.38. The van der Waals surface area contributed by atoms with E-state index in [1.807, 2.05) is 17.8 Å². The van der Waals surface area contributed by atoms with Crippen LogP contribution in [0.5, 0.6) is 0 Å². The summed E-state index contributed by atoms with van der Waals surface area (Å²) in [4.78, 5) is 0. The first kappa shape index (κ1) is 19.7. The van der Waals surface area contributed by atoms with Crippen molar-refractivity contribution < 1.29 is 14.9 Å². The summed E-state index contributed by atoms with van der Waals surface area (Å²) in [5.41, 5.74) is 0. The number of rotatable bonds is 10. The quantitative estimate of drug-likeness (QED) is 0.449. The molecule has 2 heterocycles. The molecular formula is C21H36O3S. The Kier molecular flexibility index (Phi) is 7.71. The van der Waals surface area contributed by atoms with Crippen LogP contribution in [0.3, 0.4) is 0 Å². The molecule has 3 nitrogen and oxygen atoms in total. The van der Waals surface area contributed by atoms with Gasteiger partial charge in [0.15, 0.2) is 0 Å². The van der Waals surface area contributed by atoms with Crippen LogP contribution >= 0.6 is 11.8 Å². The molecule has 3 fully saturated rings. The van der Waals surface area contributed by atoms with E-state index in [0.717, 1.165) is 49.5 Å². The Bertz CT molecular complexity index is 421. The van der Waals surface area contributed by atoms with Crippen LogP contribution < -0.4 is 0 Å². The third-order valence-electron chi connectivity index (χ3n) is 6.55. The first-order chi connectivity index (χ1) is 12.2. The van der Waals surface area contributed by atoms with Gasteiger partial charge < -0.3 is 14.9 Å². The number of ether oxygens (including phenoxy) is 1. The van der Waals surface area contributed by atoms with Crippen LogP contribution in [0.4, 0.5) is 0 Å². The zero-order valence-electron chi connectivity index (χ0n) is 15.7. The molecule has 2 unspecified atom stereocenters. The van der Waals surface area contributed by atoms with Crippen LogP contribution in [0.25, 0.3) is 0 Å². The van der Waals surface area contributed by atoms with Crippen LogP contribution in [0.1, 0.15) is 64.7 Å². The van der Waals surface area contributed by atoms with Gasteiger partial charge in [-0.05, 0) is 49.7 Å². The number of aliphatic hydroxyl groups excluding tert-OH is 2. The Labute approximate surface area is 157 Å². The van der Waals surface area contributed by atoms with Gasteiger partial charge in [-0.2, -0.15) is 11.8 Å². The molecule has 1 saturated carbocycles. The second-order valence-corrected chi connectivity index (χ2v) is 9.55. The minimum absolute atomic E-state index is 0.170. The summed E-state index contributed by atoms with van der Waals surface area (Å²) in [5.74, 6) is 3.46. The van der Waals surface area contributed by atoms with Gasteiger partial charge in [0.1, 0.15) is 0 Å². The average Bonchev–Trinajstić information content (AvgIpc) is 3.33. The SMILES string of the molecule is CCSCC=C[C@H](O)[C@@H]1[C@@H]2CCC(O2)[C@@H]1CCC(O)CC1CCCC1. The zero-order valence-corrected chi connectivity index (χ0v) is 16.5. The lowest BCUT2D eigenvalue weighted by Crippen LogP contribution is -2.36. The molecule has 4 heteroatoms. The second-order valence-electron chi connectivity index (χ2n) is 8.23. The van der Waals surface area contributed by atoms with Gasteiger partial charge in [0, 0.05) is 11.7 Å². The van der Waals surface area contributed by atoms with E-state index in [0.29, 0.717) is 12.0 Å². The summed E-state index contributed by atoms with van der Waals surface area (Å²) in [6.45, 7) is 2.16. The summed E-state index contributed by atoms with van der Waals surface area (Å²) in [7, 11) is 0. The van der Waals surface area contributed by atoms with E-state index in [1.165, 1.54) is 25.7 Å². The van der Waals surface area contributed by atoms with E-state index in [9.17, 15) is 10.2 Å². The van der Waals surface area contributed by atoms with Crippen molar-refractivity contribution in [1.29, 1.82) is 0 Å². The van der Waals surface area contributed by atoms with Crippen LogP contribution in [-0.4, -0.2) is 46.1 Å². The van der Waals surface area contributed by atoms with Crippen molar-refractivity contribution in [2.45, 2.75) is 89.1 Å². The molecule has 1 aliphatic carbocycles. The maximum atomic E-state index is 10.7. The smallest absolute Gasteiger partial charge is 0.0777 e. The van der Waals surface area contributed by atoms with E-state index in [-0.39, 0.29) is 18.1 Å². The average molecular weight is 369 g/mol. The molecule has 3 rings (SSSR count). The van der Waals surface area contributed by atoms with E-state index in [1.54, 1.807) is 0 Å². The predicted octanol–water partition coefficient (Wildman–Crippen LogP) is 4.17. The molecule has 0 spiro atoms. The van der Waals surface area contributed by atoms with Gasteiger partial charge in [-0.3, -0.25) is 0 Å². The minimum Gasteiger partial charge on any atom is -0.393 e. The van der Waals surface area contributed by atoms with Gasteiger partial charge in [-0.1, -0.05) is 44.8 Å². The largest absolute Gasteiger partial charge is 0.393 e. The first-order valence-corrected chi connectivity index (χ1v) is 11.6. The van der Waals surface area contributed by atoms with Crippen molar-refractivity contribution >= 4 is 11.8 Å². The molecule has 2 saturated heterocycles. The summed E-state index contributed by atoms with van der Waals surface area (Å²) in [5, 5.41) is 21.1. The molecule has 25 heavy (non-hydrogen) atoms. The molecular weight excluding hydrogens is 332 g/mol. The van der Waals surface area contributed by atoms with E-state index < -0.39 is 6.10 Å². The number of thioether (sulfide) groups is 1. The maximum absolute atomic E-state index is 10.7. The molecule has 0 radical (unpaired) electrons. The van der Waals surface area contributed by atoms with E-state index >= 15 is 0 Å². The van der Waals surface area contributed by atoms with Crippen molar-refractivity contribution in [2.75, 3.05) is 11.5 Å². The number of hydrogen-bond acceptors (Lipinski definition) is 4. The van der Waals surface area contributed by atoms with Crippen molar-refractivity contribution in [3.8, 4) is 0 Å². The normalized spacial score (nSPS) is 35.0. The Morgan fingerprint density at radius 3 is 2.64 bits per heavy atom. The number of fused-ring (bicyclic) bond motifs is 2. The van der Waals surface area contributed by atoms with Gasteiger partial charge in [0.2, 0.25) is 0 Å². The zero-order chi connectivity index (χ0) is 17.6. The molecule has 3 aliphatic rings. The number of aliphatic hydroxyl groups is 2. The van der Waals surface area contributed by atoms with Crippen molar-refractivity contribution in [3.05, 3.63) is 12.2 Å². The van der Waals surface area contributed by atoms with Gasteiger partial charge in [0.05, 0.1) is 24.4 Å². The highest BCUT2D eigenvalue weighted by molar-refractivity contribution is 7.99.